The van der Waals surface area contributed by atoms with E-state index in [4.69, 9.17) is 5.73 Å². The number of rotatable bonds is 4. The van der Waals surface area contributed by atoms with Crippen LogP contribution in [0.5, 0.6) is 0 Å². The summed E-state index contributed by atoms with van der Waals surface area (Å²) in [6.45, 7) is 0.350. The number of hydrogen-bond donors (Lipinski definition) is 3. The monoisotopic (exact) mass is 470 g/mol. The number of sulfonamides is 1. The van der Waals surface area contributed by atoms with E-state index in [-0.39, 0.29) is 10.7 Å². The highest BCUT2D eigenvalue weighted by molar-refractivity contribution is 14.1. The van der Waals surface area contributed by atoms with Crippen molar-refractivity contribution < 1.29 is 13.2 Å². The molecule has 7 nitrogen and oxygen atoms in total. The number of fused-ring (bicyclic) bond motifs is 1. The van der Waals surface area contributed by atoms with E-state index in [2.05, 4.69) is 15.0 Å². The molecule has 1 heterocycles. The van der Waals surface area contributed by atoms with Crippen molar-refractivity contribution in [3.63, 3.8) is 0 Å². The minimum atomic E-state index is -3.89. The zero-order valence-electron chi connectivity index (χ0n) is 13.0. The first-order valence-electron chi connectivity index (χ1n) is 7.39. The average Bonchev–Trinajstić information content (AvgIpc) is 2.56. The Balaban J connectivity index is 1.68. The molecule has 1 aliphatic rings. The second kappa shape index (κ2) is 7.00. The molecule has 0 bridgehead atoms. The highest BCUT2D eigenvalue weighted by Gasteiger charge is 2.28. The summed E-state index contributed by atoms with van der Waals surface area (Å²) < 4.78 is 28.8. The maximum absolute atomic E-state index is 12.2. The second-order valence-corrected chi connectivity index (χ2v) is 8.25. The van der Waals surface area contributed by atoms with E-state index in [1.54, 1.807) is 24.3 Å². The lowest BCUT2D eigenvalue weighted by molar-refractivity contribution is -0.114. The molecule has 0 radical (unpaired) electrons. The Bertz CT molecular complexity index is 956. The van der Waals surface area contributed by atoms with Gasteiger partial charge in [-0.25, -0.2) is 0 Å². The number of nitrogens with one attached hydrogen (secondary N) is 2. The molecule has 4 N–H and O–H groups in total. The molecular weight excluding hydrogens is 455 g/mol. The highest BCUT2D eigenvalue weighted by Crippen LogP contribution is 2.28. The van der Waals surface area contributed by atoms with Crippen molar-refractivity contribution in [1.29, 1.82) is 0 Å². The third-order valence-corrected chi connectivity index (χ3v) is 5.57. The Morgan fingerprint density at radius 1 is 1.20 bits per heavy atom. The fraction of sp³-hybridized carbons (Fsp3) is 0.125. The van der Waals surface area contributed by atoms with Crippen molar-refractivity contribution >= 4 is 55.7 Å². The Morgan fingerprint density at radius 3 is 2.64 bits per heavy atom. The molecule has 9 heteroatoms. The van der Waals surface area contributed by atoms with Gasteiger partial charge in [-0.2, -0.15) is 8.42 Å². The lowest BCUT2D eigenvalue weighted by Gasteiger charge is -2.17. The van der Waals surface area contributed by atoms with Gasteiger partial charge in [-0.1, -0.05) is 12.1 Å². The summed E-state index contributed by atoms with van der Waals surface area (Å²) in [4.78, 5) is 12.3. The van der Waals surface area contributed by atoms with Crippen LogP contribution in [0.1, 0.15) is 5.56 Å². The van der Waals surface area contributed by atoms with Gasteiger partial charge in [0.1, 0.15) is 4.90 Å². The summed E-state index contributed by atoms with van der Waals surface area (Å²) in [5.74, 6) is -0.797. The number of amidine groups is 1. The molecule has 25 heavy (non-hydrogen) atoms. The van der Waals surface area contributed by atoms with E-state index >= 15 is 0 Å². The van der Waals surface area contributed by atoms with E-state index in [9.17, 15) is 13.2 Å². The molecule has 130 valence electrons. The molecule has 0 saturated heterocycles. The molecule has 0 aromatic heterocycles. The Morgan fingerprint density at radius 2 is 1.92 bits per heavy atom. The number of halogens is 1. The zero-order chi connectivity index (χ0) is 18.0. The Labute approximate surface area is 158 Å². The molecule has 0 unspecified atom stereocenters. The molecule has 0 saturated carbocycles. The third-order valence-electron chi connectivity index (χ3n) is 3.58. The Kier molecular flexibility index (Phi) is 4.95. The van der Waals surface area contributed by atoms with Crippen molar-refractivity contribution in [2.24, 2.45) is 4.40 Å². The van der Waals surface area contributed by atoms with Gasteiger partial charge in [-0.15, -0.1) is 4.40 Å². The van der Waals surface area contributed by atoms with Crippen LogP contribution >= 0.6 is 22.6 Å². The summed E-state index contributed by atoms with van der Waals surface area (Å²) in [5, 5.41) is 5.44. The van der Waals surface area contributed by atoms with Crippen LogP contribution in [0, 0.1) is 3.57 Å². The molecule has 0 aliphatic carbocycles. The first-order valence-corrected chi connectivity index (χ1v) is 9.91. The minimum Gasteiger partial charge on any atom is -0.399 e. The van der Waals surface area contributed by atoms with Gasteiger partial charge in [0.15, 0.2) is 0 Å². The summed E-state index contributed by atoms with van der Waals surface area (Å²) in [5.41, 5.74) is 7.66. The summed E-state index contributed by atoms with van der Waals surface area (Å²) in [7, 11) is -3.89. The van der Waals surface area contributed by atoms with Gasteiger partial charge in [-0.05, 0) is 64.9 Å². The van der Waals surface area contributed by atoms with E-state index in [1.807, 2.05) is 34.7 Å². The van der Waals surface area contributed by atoms with Crippen molar-refractivity contribution in [2.45, 2.75) is 11.3 Å². The summed E-state index contributed by atoms with van der Waals surface area (Å²) >= 11 is 2.02. The van der Waals surface area contributed by atoms with Gasteiger partial charge in [0.2, 0.25) is 5.84 Å². The quantitative estimate of drug-likeness (QED) is 0.466. The van der Waals surface area contributed by atoms with Crippen LogP contribution in [0.25, 0.3) is 0 Å². The molecule has 0 atom stereocenters. The van der Waals surface area contributed by atoms with Crippen LogP contribution in [0.4, 0.5) is 11.4 Å². The van der Waals surface area contributed by atoms with E-state index < -0.39 is 15.9 Å². The molecular formula is C16H15IN4O3S. The number of nitrogens with two attached hydrogens (primary N) is 1. The molecule has 1 amide bonds. The SMILES string of the molecule is Nc1ccc(CCNC(=O)C2=NS(=O)(=O)c3cc(I)ccc3N2)cc1. The predicted molar refractivity (Wildman–Crippen MR) is 105 cm³/mol. The topological polar surface area (TPSA) is 114 Å². The third kappa shape index (κ3) is 4.10. The number of nitrogens with zero attached hydrogens (tertiary/aromatic N) is 1. The van der Waals surface area contributed by atoms with E-state index in [0.29, 0.717) is 24.3 Å². The van der Waals surface area contributed by atoms with Crippen LogP contribution in [-0.4, -0.2) is 26.7 Å². The van der Waals surface area contributed by atoms with Gasteiger partial charge in [0.05, 0.1) is 5.69 Å². The van der Waals surface area contributed by atoms with Crippen LogP contribution in [0.2, 0.25) is 0 Å². The number of carbonyl (C=O) groups excluding carboxylic acids is 1. The predicted octanol–water partition coefficient (Wildman–Crippen LogP) is 1.75. The molecule has 2 aromatic carbocycles. The average molecular weight is 470 g/mol. The second-order valence-electron chi connectivity index (χ2n) is 5.43. The molecule has 0 spiro atoms. The Hall–Kier alpha value is -2.14. The van der Waals surface area contributed by atoms with E-state index in [1.165, 1.54) is 6.07 Å². The maximum Gasteiger partial charge on any atom is 0.287 e. The smallest absolute Gasteiger partial charge is 0.287 e. The van der Waals surface area contributed by atoms with Gasteiger partial charge in [0.25, 0.3) is 15.9 Å². The van der Waals surface area contributed by atoms with Gasteiger partial charge in [-0.3, -0.25) is 4.79 Å². The molecule has 3 rings (SSSR count). The minimum absolute atomic E-state index is 0.0674. The molecule has 1 aliphatic heterocycles. The van der Waals surface area contributed by atoms with E-state index in [0.717, 1.165) is 9.13 Å². The van der Waals surface area contributed by atoms with Crippen molar-refractivity contribution in [3.05, 3.63) is 51.6 Å². The fourth-order valence-electron chi connectivity index (χ4n) is 2.32. The highest BCUT2D eigenvalue weighted by atomic mass is 127. The number of nitrogen functional groups attached to an aromatic ring is 1. The number of benzene rings is 2. The zero-order valence-corrected chi connectivity index (χ0v) is 16.0. The first kappa shape index (κ1) is 17.7. The van der Waals surface area contributed by atoms with Crippen molar-refractivity contribution in [3.8, 4) is 0 Å². The van der Waals surface area contributed by atoms with Gasteiger partial charge in [0, 0.05) is 15.8 Å². The first-order chi connectivity index (χ1) is 11.8. The normalized spacial score (nSPS) is 14.8. The molecule has 0 fully saturated rings. The van der Waals surface area contributed by atoms with Crippen molar-refractivity contribution in [1.82, 2.24) is 5.32 Å². The van der Waals surface area contributed by atoms with Crippen molar-refractivity contribution in [2.75, 3.05) is 17.6 Å². The number of hydrogen-bond acceptors (Lipinski definition) is 5. The number of amides is 1. The summed E-state index contributed by atoms with van der Waals surface area (Å²) in [6.07, 6.45) is 0.598. The molecule has 2 aromatic rings. The summed E-state index contributed by atoms with van der Waals surface area (Å²) in [6, 6.07) is 12.2. The van der Waals surface area contributed by atoms with Crippen LogP contribution < -0.4 is 16.4 Å². The standard InChI is InChI=1S/C16H15IN4O3S/c17-11-3-6-13-14(9-11)25(23,24)21-15(20-13)16(22)19-8-7-10-1-4-12(18)5-2-10/h1-6,9H,7-8,18H2,(H,19,22)(H,20,21). The fourth-order valence-corrected chi connectivity index (χ4v) is 4.16. The lowest BCUT2D eigenvalue weighted by Crippen LogP contribution is -2.39. The number of anilines is 2. The van der Waals surface area contributed by atoms with Crippen LogP contribution in [0.3, 0.4) is 0 Å². The van der Waals surface area contributed by atoms with Gasteiger partial charge < -0.3 is 16.4 Å². The lowest BCUT2D eigenvalue weighted by atomic mass is 10.1. The maximum atomic E-state index is 12.2. The van der Waals surface area contributed by atoms with Gasteiger partial charge >= 0.3 is 0 Å². The van der Waals surface area contributed by atoms with Crippen LogP contribution in [-0.2, 0) is 21.2 Å². The van der Waals surface area contributed by atoms with Crippen LogP contribution in [0.15, 0.2) is 51.8 Å². The number of carbonyl (C=O) groups is 1. The largest absolute Gasteiger partial charge is 0.399 e.